The van der Waals surface area contributed by atoms with Crippen molar-refractivity contribution in [3.8, 4) is 0 Å². The highest BCUT2D eigenvalue weighted by molar-refractivity contribution is 6.37. The standard InChI is InChI=1S/C20H10N2O3/c23-19-15-16(20(24)25-19)18-14(10-6-2-4-8-12(10)22-18)13-9-5-1-3-7-11(9)21-17(13)15/h1-8,21-22H. The number of aromatic amines is 2. The fourth-order valence-corrected chi connectivity index (χ4v) is 4.02. The van der Waals surface area contributed by atoms with Crippen molar-refractivity contribution in [2.45, 2.75) is 0 Å². The van der Waals surface area contributed by atoms with E-state index in [0.29, 0.717) is 22.2 Å². The van der Waals surface area contributed by atoms with Gasteiger partial charge in [-0.2, -0.15) is 0 Å². The fourth-order valence-electron chi connectivity index (χ4n) is 4.02. The molecule has 118 valence electrons. The number of carbonyl (C=O) groups is 2. The maximum absolute atomic E-state index is 12.3. The van der Waals surface area contributed by atoms with Crippen LogP contribution in [0.5, 0.6) is 0 Å². The molecule has 0 atom stereocenters. The van der Waals surface area contributed by atoms with Crippen molar-refractivity contribution in [3.05, 3.63) is 59.7 Å². The third kappa shape index (κ3) is 1.39. The van der Waals surface area contributed by atoms with Crippen LogP contribution in [0.15, 0.2) is 48.5 Å². The lowest BCUT2D eigenvalue weighted by Gasteiger charge is -2.01. The molecule has 5 heteroatoms. The summed E-state index contributed by atoms with van der Waals surface area (Å²) < 4.78 is 4.92. The Morgan fingerprint density at radius 2 is 1.08 bits per heavy atom. The van der Waals surface area contributed by atoms with Crippen LogP contribution in [0.3, 0.4) is 0 Å². The quantitative estimate of drug-likeness (QED) is 0.330. The predicted molar refractivity (Wildman–Crippen MR) is 94.9 cm³/mol. The summed E-state index contributed by atoms with van der Waals surface area (Å²) in [7, 11) is 0. The minimum atomic E-state index is -0.600. The van der Waals surface area contributed by atoms with Gasteiger partial charge in [-0.25, -0.2) is 9.59 Å². The molecule has 0 saturated carbocycles. The summed E-state index contributed by atoms with van der Waals surface area (Å²) in [6.07, 6.45) is 0. The zero-order valence-electron chi connectivity index (χ0n) is 12.8. The molecule has 0 fully saturated rings. The van der Waals surface area contributed by atoms with Crippen LogP contribution in [-0.4, -0.2) is 21.9 Å². The van der Waals surface area contributed by atoms with Crippen molar-refractivity contribution in [2.75, 3.05) is 0 Å². The molecule has 3 heterocycles. The fraction of sp³-hybridized carbons (Fsp3) is 0. The van der Waals surface area contributed by atoms with Crippen molar-refractivity contribution >= 4 is 55.6 Å². The van der Waals surface area contributed by atoms with E-state index >= 15 is 0 Å². The lowest BCUT2D eigenvalue weighted by molar-refractivity contribution is 0.0445. The van der Waals surface area contributed by atoms with Gasteiger partial charge in [0.25, 0.3) is 0 Å². The number of benzene rings is 3. The van der Waals surface area contributed by atoms with Crippen LogP contribution in [-0.2, 0) is 4.74 Å². The molecule has 3 aromatic carbocycles. The Labute approximate surface area is 140 Å². The predicted octanol–water partition coefficient (Wildman–Crippen LogP) is 4.27. The van der Waals surface area contributed by atoms with Crippen LogP contribution < -0.4 is 0 Å². The number of hydrogen-bond acceptors (Lipinski definition) is 3. The van der Waals surface area contributed by atoms with E-state index in [0.717, 1.165) is 32.6 Å². The number of rotatable bonds is 0. The Kier molecular flexibility index (Phi) is 2.08. The molecule has 5 nitrogen and oxygen atoms in total. The van der Waals surface area contributed by atoms with Gasteiger partial charge in [0.2, 0.25) is 0 Å². The molecule has 5 aromatic rings. The normalized spacial score (nSPS) is 14.1. The monoisotopic (exact) mass is 326 g/mol. The first kappa shape index (κ1) is 12.8. The zero-order valence-corrected chi connectivity index (χ0v) is 12.8. The summed E-state index contributed by atoms with van der Waals surface area (Å²) in [5.74, 6) is -1.20. The molecule has 0 radical (unpaired) electrons. The van der Waals surface area contributed by atoms with Crippen molar-refractivity contribution in [1.82, 2.24) is 9.97 Å². The lowest BCUT2D eigenvalue weighted by Crippen LogP contribution is -1.97. The highest BCUT2D eigenvalue weighted by atomic mass is 16.6. The summed E-state index contributed by atoms with van der Waals surface area (Å²) in [6.45, 7) is 0. The van der Waals surface area contributed by atoms with Gasteiger partial charge in [0, 0.05) is 32.6 Å². The van der Waals surface area contributed by atoms with Crippen molar-refractivity contribution < 1.29 is 14.3 Å². The Morgan fingerprint density at radius 3 is 1.56 bits per heavy atom. The van der Waals surface area contributed by atoms with Gasteiger partial charge in [-0.05, 0) is 12.1 Å². The molecule has 0 unspecified atom stereocenters. The van der Waals surface area contributed by atoms with E-state index in [4.69, 9.17) is 4.74 Å². The van der Waals surface area contributed by atoms with Crippen LogP contribution >= 0.6 is 0 Å². The maximum Gasteiger partial charge on any atom is 0.349 e. The largest absolute Gasteiger partial charge is 0.386 e. The highest BCUT2D eigenvalue weighted by Gasteiger charge is 2.36. The van der Waals surface area contributed by atoms with Crippen LogP contribution in [0, 0.1) is 0 Å². The molecule has 0 bridgehead atoms. The minimum absolute atomic E-state index is 0.315. The number of fused-ring (bicyclic) bond motifs is 10. The molecule has 1 aliphatic rings. The van der Waals surface area contributed by atoms with E-state index in [-0.39, 0.29) is 0 Å². The molecular formula is C20H10N2O3. The second-order valence-electron chi connectivity index (χ2n) is 6.27. The minimum Gasteiger partial charge on any atom is -0.386 e. The van der Waals surface area contributed by atoms with Crippen molar-refractivity contribution in [3.63, 3.8) is 0 Å². The zero-order chi connectivity index (χ0) is 16.7. The Bertz CT molecular complexity index is 1300. The highest BCUT2D eigenvalue weighted by Crippen LogP contribution is 2.42. The summed E-state index contributed by atoms with van der Waals surface area (Å²) in [6, 6.07) is 15.8. The molecular weight excluding hydrogens is 316 g/mol. The molecule has 1 aliphatic heterocycles. The van der Waals surface area contributed by atoms with Gasteiger partial charge >= 0.3 is 11.9 Å². The summed E-state index contributed by atoms with van der Waals surface area (Å²) in [4.78, 5) is 31.3. The average Bonchev–Trinajstić information content (AvgIpc) is 3.25. The van der Waals surface area contributed by atoms with E-state index in [1.165, 1.54) is 0 Å². The first-order valence-corrected chi connectivity index (χ1v) is 7.97. The lowest BCUT2D eigenvalue weighted by atomic mass is 9.98. The number of hydrogen-bond donors (Lipinski definition) is 2. The topological polar surface area (TPSA) is 75.0 Å². The number of nitrogens with one attached hydrogen (secondary N) is 2. The van der Waals surface area contributed by atoms with Crippen molar-refractivity contribution in [1.29, 1.82) is 0 Å². The van der Waals surface area contributed by atoms with Gasteiger partial charge < -0.3 is 14.7 Å². The third-order valence-corrected chi connectivity index (χ3v) is 5.01. The molecule has 2 N–H and O–H groups in total. The first-order chi connectivity index (χ1) is 12.2. The second kappa shape index (κ2) is 4.08. The van der Waals surface area contributed by atoms with E-state index in [2.05, 4.69) is 9.97 Å². The Morgan fingerprint density at radius 1 is 0.640 bits per heavy atom. The van der Waals surface area contributed by atoms with Crippen LogP contribution in [0.25, 0.3) is 43.6 Å². The van der Waals surface area contributed by atoms with Gasteiger partial charge in [0.15, 0.2) is 0 Å². The first-order valence-electron chi connectivity index (χ1n) is 7.97. The number of esters is 2. The molecule has 25 heavy (non-hydrogen) atoms. The average molecular weight is 326 g/mol. The Balaban J connectivity index is 2.05. The van der Waals surface area contributed by atoms with E-state index in [1.807, 2.05) is 48.5 Å². The summed E-state index contributed by atoms with van der Waals surface area (Å²) in [5.41, 5.74) is 3.79. The molecule has 0 saturated heterocycles. The van der Waals surface area contributed by atoms with E-state index in [9.17, 15) is 9.59 Å². The number of para-hydroxylation sites is 2. The third-order valence-electron chi connectivity index (χ3n) is 5.01. The van der Waals surface area contributed by atoms with Gasteiger partial charge in [-0.3, -0.25) is 0 Å². The number of carbonyl (C=O) groups excluding carboxylic acids is 2. The van der Waals surface area contributed by atoms with Gasteiger partial charge in [-0.1, -0.05) is 36.4 Å². The maximum atomic E-state index is 12.3. The Hall–Kier alpha value is -3.60. The van der Waals surface area contributed by atoms with Crippen LogP contribution in [0.4, 0.5) is 0 Å². The SMILES string of the molecule is O=C1OC(=O)c2c1c1[nH]c3ccccc3c1c1c2[nH]c2ccccc21. The number of aromatic nitrogens is 2. The number of ether oxygens (including phenoxy) is 1. The van der Waals surface area contributed by atoms with Crippen LogP contribution in [0.2, 0.25) is 0 Å². The number of H-pyrrole nitrogens is 2. The second-order valence-corrected chi connectivity index (χ2v) is 6.27. The smallest absolute Gasteiger partial charge is 0.349 e. The summed E-state index contributed by atoms with van der Waals surface area (Å²) in [5, 5.41) is 3.91. The van der Waals surface area contributed by atoms with E-state index < -0.39 is 11.9 Å². The molecule has 0 spiro atoms. The summed E-state index contributed by atoms with van der Waals surface area (Å²) >= 11 is 0. The van der Waals surface area contributed by atoms with Crippen molar-refractivity contribution in [2.24, 2.45) is 0 Å². The molecule has 0 aliphatic carbocycles. The number of cyclic esters (lactones) is 2. The van der Waals surface area contributed by atoms with Gasteiger partial charge in [0.05, 0.1) is 11.0 Å². The molecule has 6 rings (SSSR count). The van der Waals surface area contributed by atoms with Gasteiger partial charge in [0.1, 0.15) is 11.1 Å². The van der Waals surface area contributed by atoms with E-state index in [1.54, 1.807) is 0 Å². The molecule has 0 amide bonds. The van der Waals surface area contributed by atoms with Crippen LogP contribution in [0.1, 0.15) is 20.7 Å². The molecule has 2 aromatic heterocycles. The van der Waals surface area contributed by atoms with Gasteiger partial charge in [-0.15, -0.1) is 0 Å².